The third-order valence-corrected chi connectivity index (χ3v) is 3.75. The van der Waals surface area contributed by atoms with Crippen molar-refractivity contribution in [1.82, 2.24) is 9.55 Å². The van der Waals surface area contributed by atoms with Crippen molar-refractivity contribution < 1.29 is 0 Å². The van der Waals surface area contributed by atoms with Crippen LogP contribution >= 0.6 is 12.2 Å². The predicted octanol–water partition coefficient (Wildman–Crippen LogP) is 3.86. The Labute approximate surface area is 96.7 Å². The second-order valence-corrected chi connectivity index (χ2v) is 5.32. The molecule has 2 rings (SSSR count). The standard InChI is InChI=1S/C12H20N2S/c1-9(2)11-7-13-12(15)14(11)8-10-5-3-4-6-10/h7,9-10H,3-6,8H2,1-2H3,(H,13,15). The van der Waals surface area contributed by atoms with Crippen LogP contribution in [-0.2, 0) is 6.54 Å². The summed E-state index contributed by atoms with van der Waals surface area (Å²) in [6, 6.07) is 0. The van der Waals surface area contributed by atoms with Gasteiger partial charge < -0.3 is 9.55 Å². The first kappa shape index (κ1) is 10.9. The Bertz CT molecular complexity index is 369. The number of imidazole rings is 1. The molecule has 1 heterocycles. The van der Waals surface area contributed by atoms with Gasteiger partial charge in [-0.2, -0.15) is 0 Å². The number of nitrogens with zero attached hydrogens (tertiary/aromatic N) is 1. The molecular weight excluding hydrogens is 204 g/mol. The smallest absolute Gasteiger partial charge is 0.177 e. The van der Waals surface area contributed by atoms with Gasteiger partial charge in [-0.1, -0.05) is 26.7 Å². The van der Waals surface area contributed by atoms with Crippen molar-refractivity contribution in [3.05, 3.63) is 16.7 Å². The van der Waals surface area contributed by atoms with Crippen LogP contribution in [-0.4, -0.2) is 9.55 Å². The van der Waals surface area contributed by atoms with Crippen molar-refractivity contribution >= 4 is 12.2 Å². The van der Waals surface area contributed by atoms with Crippen molar-refractivity contribution in [1.29, 1.82) is 0 Å². The average Bonchev–Trinajstić information content (AvgIpc) is 2.78. The van der Waals surface area contributed by atoms with E-state index >= 15 is 0 Å². The van der Waals surface area contributed by atoms with Gasteiger partial charge >= 0.3 is 0 Å². The Morgan fingerprint density at radius 1 is 1.47 bits per heavy atom. The molecule has 1 saturated carbocycles. The zero-order valence-corrected chi connectivity index (χ0v) is 10.4. The van der Waals surface area contributed by atoms with E-state index in [9.17, 15) is 0 Å². The van der Waals surface area contributed by atoms with Gasteiger partial charge in [0.1, 0.15) is 0 Å². The molecule has 3 heteroatoms. The van der Waals surface area contributed by atoms with Gasteiger partial charge in [-0.3, -0.25) is 0 Å². The molecule has 84 valence electrons. The molecule has 0 aliphatic heterocycles. The second kappa shape index (κ2) is 4.52. The molecule has 0 atom stereocenters. The first-order valence-corrected chi connectivity index (χ1v) is 6.37. The number of nitrogens with one attached hydrogen (secondary N) is 1. The molecule has 1 aliphatic carbocycles. The minimum Gasteiger partial charge on any atom is -0.337 e. The lowest BCUT2D eigenvalue weighted by atomic mass is 10.1. The average molecular weight is 224 g/mol. The summed E-state index contributed by atoms with van der Waals surface area (Å²) in [5, 5.41) is 0. The predicted molar refractivity (Wildman–Crippen MR) is 65.7 cm³/mol. The Hall–Kier alpha value is -0.570. The van der Waals surface area contributed by atoms with Crippen LogP contribution in [0.15, 0.2) is 6.20 Å². The van der Waals surface area contributed by atoms with Crippen molar-refractivity contribution in [3.8, 4) is 0 Å². The van der Waals surface area contributed by atoms with Gasteiger partial charge in [-0.15, -0.1) is 0 Å². The Kier molecular flexibility index (Phi) is 3.29. The van der Waals surface area contributed by atoms with E-state index in [-0.39, 0.29) is 0 Å². The zero-order chi connectivity index (χ0) is 10.8. The molecule has 0 bridgehead atoms. The van der Waals surface area contributed by atoms with E-state index in [1.54, 1.807) is 0 Å². The molecule has 1 fully saturated rings. The summed E-state index contributed by atoms with van der Waals surface area (Å²) in [6.07, 6.45) is 7.63. The fourth-order valence-corrected chi connectivity index (χ4v) is 2.77. The largest absolute Gasteiger partial charge is 0.337 e. The van der Waals surface area contributed by atoms with Gasteiger partial charge in [0.05, 0.1) is 0 Å². The van der Waals surface area contributed by atoms with Crippen LogP contribution in [0.4, 0.5) is 0 Å². The van der Waals surface area contributed by atoms with Crippen LogP contribution in [0.5, 0.6) is 0 Å². The summed E-state index contributed by atoms with van der Waals surface area (Å²) in [6.45, 7) is 5.57. The Morgan fingerprint density at radius 3 is 2.73 bits per heavy atom. The van der Waals surface area contributed by atoms with E-state index < -0.39 is 0 Å². The topological polar surface area (TPSA) is 20.7 Å². The van der Waals surface area contributed by atoms with Crippen LogP contribution in [0.25, 0.3) is 0 Å². The summed E-state index contributed by atoms with van der Waals surface area (Å²) in [5.74, 6) is 1.41. The van der Waals surface area contributed by atoms with Crippen LogP contribution in [0.2, 0.25) is 0 Å². The first-order valence-electron chi connectivity index (χ1n) is 5.96. The fourth-order valence-electron chi connectivity index (χ4n) is 2.53. The summed E-state index contributed by atoms with van der Waals surface area (Å²) >= 11 is 5.33. The molecule has 0 radical (unpaired) electrons. The monoisotopic (exact) mass is 224 g/mol. The number of hydrogen-bond donors (Lipinski definition) is 1. The molecule has 1 N–H and O–H groups in total. The maximum atomic E-state index is 5.33. The number of rotatable bonds is 3. The zero-order valence-electron chi connectivity index (χ0n) is 9.62. The molecule has 1 aliphatic rings. The third-order valence-electron chi connectivity index (χ3n) is 3.41. The van der Waals surface area contributed by atoms with Crippen LogP contribution in [0.3, 0.4) is 0 Å². The number of H-pyrrole nitrogens is 1. The molecule has 1 aromatic heterocycles. The quantitative estimate of drug-likeness (QED) is 0.773. The van der Waals surface area contributed by atoms with Gasteiger partial charge in [0.15, 0.2) is 4.77 Å². The van der Waals surface area contributed by atoms with Gasteiger partial charge in [-0.25, -0.2) is 0 Å². The number of hydrogen-bond acceptors (Lipinski definition) is 1. The van der Waals surface area contributed by atoms with Crippen molar-refractivity contribution in [2.24, 2.45) is 5.92 Å². The van der Waals surface area contributed by atoms with E-state index in [0.29, 0.717) is 5.92 Å². The normalized spacial score (nSPS) is 17.8. The minimum absolute atomic E-state index is 0.555. The van der Waals surface area contributed by atoms with E-state index in [2.05, 4.69) is 29.6 Å². The summed E-state index contributed by atoms with van der Waals surface area (Å²) in [5.41, 5.74) is 1.35. The minimum atomic E-state index is 0.555. The number of aromatic nitrogens is 2. The maximum Gasteiger partial charge on any atom is 0.177 e. The Morgan fingerprint density at radius 2 is 2.13 bits per heavy atom. The molecule has 15 heavy (non-hydrogen) atoms. The van der Waals surface area contributed by atoms with E-state index in [4.69, 9.17) is 12.2 Å². The van der Waals surface area contributed by atoms with Crippen molar-refractivity contribution in [3.63, 3.8) is 0 Å². The van der Waals surface area contributed by atoms with Gasteiger partial charge in [0.25, 0.3) is 0 Å². The van der Waals surface area contributed by atoms with Crippen LogP contribution < -0.4 is 0 Å². The molecule has 0 aromatic carbocycles. The van der Waals surface area contributed by atoms with Gasteiger partial charge in [0, 0.05) is 18.4 Å². The molecule has 0 spiro atoms. The fraction of sp³-hybridized carbons (Fsp3) is 0.750. The van der Waals surface area contributed by atoms with Crippen LogP contribution in [0.1, 0.15) is 51.1 Å². The summed E-state index contributed by atoms with van der Waals surface area (Å²) in [7, 11) is 0. The third kappa shape index (κ3) is 2.33. The van der Waals surface area contributed by atoms with E-state index in [1.165, 1.54) is 31.4 Å². The highest BCUT2D eigenvalue weighted by atomic mass is 32.1. The molecule has 0 unspecified atom stereocenters. The molecular formula is C12H20N2S. The van der Waals surface area contributed by atoms with Gasteiger partial charge in [-0.05, 0) is 36.9 Å². The van der Waals surface area contributed by atoms with Crippen molar-refractivity contribution in [2.45, 2.75) is 52.0 Å². The first-order chi connectivity index (χ1) is 7.18. The number of aromatic amines is 1. The Balaban J connectivity index is 2.18. The molecule has 2 nitrogen and oxygen atoms in total. The summed E-state index contributed by atoms with van der Waals surface area (Å²) < 4.78 is 3.20. The SMILES string of the molecule is CC(C)c1c[nH]c(=S)n1CC1CCCC1. The molecule has 0 saturated heterocycles. The molecule has 1 aromatic rings. The van der Waals surface area contributed by atoms with Gasteiger partial charge in [0.2, 0.25) is 0 Å². The highest BCUT2D eigenvalue weighted by Crippen LogP contribution is 2.27. The highest BCUT2D eigenvalue weighted by molar-refractivity contribution is 7.71. The lowest BCUT2D eigenvalue weighted by molar-refractivity contribution is 0.441. The molecule has 0 amide bonds. The lowest BCUT2D eigenvalue weighted by Crippen LogP contribution is -2.11. The van der Waals surface area contributed by atoms with E-state index in [0.717, 1.165) is 17.2 Å². The highest BCUT2D eigenvalue weighted by Gasteiger charge is 2.17. The second-order valence-electron chi connectivity index (χ2n) is 4.93. The van der Waals surface area contributed by atoms with Crippen molar-refractivity contribution in [2.75, 3.05) is 0 Å². The maximum absolute atomic E-state index is 5.33. The van der Waals surface area contributed by atoms with E-state index in [1.807, 2.05) is 0 Å². The van der Waals surface area contributed by atoms with Crippen LogP contribution in [0, 0.1) is 10.7 Å². The summed E-state index contributed by atoms with van der Waals surface area (Å²) in [4.78, 5) is 3.17. The lowest BCUT2D eigenvalue weighted by Gasteiger charge is -2.14.